The standard InChI is InChI=1S/C19H23N/c1-4-5-17-10-16(11-18-12-19(17,18)20)15-8-6-14(7-9-15)13(2)3/h4-11,13,18H,12,20H2,1-3H3/b5-4-. The number of hydrogen-bond acceptors (Lipinski definition) is 1. The third-order valence-electron chi connectivity index (χ3n) is 4.55. The van der Waals surface area contributed by atoms with E-state index in [0.717, 1.165) is 6.42 Å². The molecule has 2 unspecified atom stereocenters. The Kier molecular flexibility index (Phi) is 3.18. The van der Waals surface area contributed by atoms with E-state index in [-0.39, 0.29) is 5.54 Å². The number of rotatable bonds is 3. The maximum absolute atomic E-state index is 6.42. The fourth-order valence-electron chi connectivity index (χ4n) is 3.03. The second kappa shape index (κ2) is 4.75. The van der Waals surface area contributed by atoms with Gasteiger partial charge in [-0.3, -0.25) is 0 Å². The molecule has 3 rings (SSSR count). The maximum Gasteiger partial charge on any atom is 0.0480 e. The molecule has 1 aromatic rings. The molecule has 0 spiro atoms. The molecule has 0 aromatic heterocycles. The highest BCUT2D eigenvalue weighted by Crippen LogP contribution is 2.52. The molecule has 2 aliphatic carbocycles. The van der Waals surface area contributed by atoms with Crippen molar-refractivity contribution in [3.8, 4) is 0 Å². The van der Waals surface area contributed by atoms with Gasteiger partial charge in [-0.25, -0.2) is 0 Å². The zero-order valence-corrected chi connectivity index (χ0v) is 12.6. The van der Waals surface area contributed by atoms with Crippen LogP contribution in [0.5, 0.6) is 0 Å². The SMILES string of the molecule is C/C=C\C1=CC(c2ccc(C(C)C)cc2)=CC2CC12N. The highest BCUT2D eigenvalue weighted by molar-refractivity contribution is 5.79. The van der Waals surface area contributed by atoms with E-state index in [1.165, 1.54) is 22.3 Å². The molecule has 1 aromatic carbocycles. The van der Waals surface area contributed by atoms with Crippen molar-refractivity contribution >= 4 is 5.57 Å². The molecule has 0 amide bonds. The number of hydrogen-bond donors (Lipinski definition) is 1. The van der Waals surface area contributed by atoms with Gasteiger partial charge in [-0.1, -0.05) is 56.3 Å². The number of benzene rings is 1. The molecule has 0 aliphatic heterocycles. The Balaban J connectivity index is 1.93. The predicted molar refractivity (Wildman–Crippen MR) is 86.4 cm³/mol. The van der Waals surface area contributed by atoms with E-state index in [0.29, 0.717) is 11.8 Å². The van der Waals surface area contributed by atoms with E-state index in [4.69, 9.17) is 5.73 Å². The van der Waals surface area contributed by atoms with Crippen molar-refractivity contribution in [3.63, 3.8) is 0 Å². The van der Waals surface area contributed by atoms with E-state index >= 15 is 0 Å². The molecular weight excluding hydrogens is 242 g/mol. The van der Waals surface area contributed by atoms with Crippen molar-refractivity contribution in [1.29, 1.82) is 0 Å². The molecule has 2 atom stereocenters. The molecule has 0 radical (unpaired) electrons. The van der Waals surface area contributed by atoms with E-state index in [2.05, 4.69) is 69.3 Å². The Hall–Kier alpha value is -1.60. The third-order valence-corrected chi connectivity index (χ3v) is 4.55. The van der Waals surface area contributed by atoms with Gasteiger partial charge < -0.3 is 5.73 Å². The lowest BCUT2D eigenvalue weighted by atomic mass is 9.90. The summed E-state index contributed by atoms with van der Waals surface area (Å²) in [6.45, 7) is 6.51. The summed E-state index contributed by atoms with van der Waals surface area (Å²) in [5, 5.41) is 0. The molecule has 0 bridgehead atoms. The zero-order valence-electron chi connectivity index (χ0n) is 12.6. The van der Waals surface area contributed by atoms with Crippen LogP contribution in [0.2, 0.25) is 0 Å². The lowest BCUT2D eigenvalue weighted by molar-refractivity contribution is 0.759. The lowest BCUT2D eigenvalue weighted by Crippen LogP contribution is -2.28. The summed E-state index contributed by atoms with van der Waals surface area (Å²) >= 11 is 0. The van der Waals surface area contributed by atoms with Crippen molar-refractivity contribution < 1.29 is 0 Å². The van der Waals surface area contributed by atoms with Crippen molar-refractivity contribution in [3.05, 3.63) is 65.3 Å². The number of allylic oxidation sites excluding steroid dienone is 3. The number of nitrogens with two attached hydrogens (primary N) is 1. The Morgan fingerprint density at radius 1 is 1.25 bits per heavy atom. The predicted octanol–water partition coefficient (Wildman–Crippen LogP) is 4.43. The fraction of sp³-hybridized carbons (Fsp3) is 0.368. The zero-order chi connectivity index (χ0) is 14.3. The van der Waals surface area contributed by atoms with Crippen LogP contribution in [0.1, 0.15) is 44.2 Å². The van der Waals surface area contributed by atoms with Crippen LogP contribution in [0.4, 0.5) is 0 Å². The maximum atomic E-state index is 6.42. The van der Waals surface area contributed by atoms with Crippen LogP contribution in [-0.4, -0.2) is 5.54 Å². The van der Waals surface area contributed by atoms with E-state index < -0.39 is 0 Å². The minimum Gasteiger partial charge on any atom is -0.321 e. The van der Waals surface area contributed by atoms with E-state index in [9.17, 15) is 0 Å². The Labute approximate surface area is 121 Å². The van der Waals surface area contributed by atoms with Gasteiger partial charge >= 0.3 is 0 Å². The largest absolute Gasteiger partial charge is 0.321 e. The molecule has 20 heavy (non-hydrogen) atoms. The van der Waals surface area contributed by atoms with Gasteiger partial charge in [0.1, 0.15) is 0 Å². The van der Waals surface area contributed by atoms with Gasteiger partial charge in [0.25, 0.3) is 0 Å². The van der Waals surface area contributed by atoms with Crippen molar-refractivity contribution in [2.75, 3.05) is 0 Å². The van der Waals surface area contributed by atoms with Crippen LogP contribution < -0.4 is 5.73 Å². The Morgan fingerprint density at radius 3 is 2.55 bits per heavy atom. The molecule has 1 heteroatoms. The quantitative estimate of drug-likeness (QED) is 0.859. The van der Waals surface area contributed by atoms with Crippen LogP contribution in [0.25, 0.3) is 5.57 Å². The third kappa shape index (κ3) is 2.16. The summed E-state index contributed by atoms with van der Waals surface area (Å²) in [5.41, 5.74) is 11.6. The van der Waals surface area contributed by atoms with Crippen LogP contribution in [-0.2, 0) is 0 Å². The summed E-state index contributed by atoms with van der Waals surface area (Å²) in [4.78, 5) is 0. The normalized spacial score (nSPS) is 28.4. The Bertz CT molecular complexity index is 601. The van der Waals surface area contributed by atoms with Gasteiger partial charge in [0.15, 0.2) is 0 Å². The summed E-state index contributed by atoms with van der Waals surface area (Å²) in [5.74, 6) is 1.09. The topological polar surface area (TPSA) is 26.0 Å². The average molecular weight is 265 g/mol. The van der Waals surface area contributed by atoms with Gasteiger partial charge in [-0.2, -0.15) is 0 Å². The van der Waals surface area contributed by atoms with Gasteiger partial charge in [0, 0.05) is 11.5 Å². The van der Waals surface area contributed by atoms with Crippen molar-refractivity contribution in [2.45, 2.75) is 38.6 Å². The minimum absolute atomic E-state index is 0.0894. The van der Waals surface area contributed by atoms with E-state index in [1.807, 2.05) is 0 Å². The second-order valence-corrected chi connectivity index (χ2v) is 6.35. The van der Waals surface area contributed by atoms with Gasteiger partial charge in [-0.05, 0) is 47.6 Å². The van der Waals surface area contributed by atoms with Crippen LogP contribution in [0.3, 0.4) is 0 Å². The van der Waals surface area contributed by atoms with Crippen molar-refractivity contribution in [2.24, 2.45) is 11.7 Å². The molecule has 0 heterocycles. The van der Waals surface area contributed by atoms with Crippen LogP contribution in [0, 0.1) is 5.92 Å². The smallest absolute Gasteiger partial charge is 0.0480 e. The fourth-order valence-corrected chi connectivity index (χ4v) is 3.03. The highest BCUT2D eigenvalue weighted by Gasteiger charge is 2.53. The summed E-state index contributed by atoms with van der Waals surface area (Å²) in [6.07, 6.45) is 9.93. The van der Waals surface area contributed by atoms with Gasteiger partial charge in [-0.15, -0.1) is 0 Å². The summed E-state index contributed by atoms with van der Waals surface area (Å²) in [7, 11) is 0. The monoisotopic (exact) mass is 265 g/mol. The molecule has 0 saturated heterocycles. The first-order valence-electron chi connectivity index (χ1n) is 7.50. The Morgan fingerprint density at radius 2 is 1.95 bits per heavy atom. The van der Waals surface area contributed by atoms with Crippen LogP contribution >= 0.6 is 0 Å². The number of fused-ring (bicyclic) bond motifs is 1. The molecule has 1 saturated carbocycles. The van der Waals surface area contributed by atoms with Crippen molar-refractivity contribution in [1.82, 2.24) is 0 Å². The van der Waals surface area contributed by atoms with Gasteiger partial charge in [0.05, 0.1) is 0 Å². The molecule has 1 fully saturated rings. The first-order chi connectivity index (χ1) is 9.54. The highest BCUT2D eigenvalue weighted by atomic mass is 14.9. The summed E-state index contributed by atoms with van der Waals surface area (Å²) in [6, 6.07) is 8.94. The van der Waals surface area contributed by atoms with Gasteiger partial charge in [0.2, 0.25) is 0 Å². The lowest BCUT2D eigenvalue weighted by Gasteiger charge is -2.19. The molecule has 2 N–H and O–H groups in total. The minimum atomic E-state index is -0.0894. The first kappa shape index (κ1) is 13.4. The second-order valence-electron chi connectivity index (χ2n) is 6.35. The molecular formula is C19H23N. The average Bonchev–Trinajstić information content (AvgIpc) is 3.11. The first-order valence-corrected chi connectivity index (χ1v) is 7.50. The molecule has 2 aliphatic rings. The summed E-state index contributed by atoms with van der Waals surface area (Å²) < 4.78 is 0. The van der Waals surface area contributed by atoms with Crippen LogP contribution in [0.15, 0.2) is 54.1 Å². The molecule has 104 valence electrons. The van der Waals surface area contributed by atoms with E-state index in [1.54, 1.807) is 0 Å². The molecule has 1 nitrogen and oxygen atoms in total.